The Kier molecular flexibility index (Phi) is 7.07. The van der Waals surface area contributed by atoms with Gasteiger partial charge in [0.1, 0.15) is 0 Å². The summed E-state index contributed by atoms with van der Waals surface area (Å²) in [5, 5.41) is 13.6. The van der Waals surface area contributed by atoms with Crippen LogP contribution in [0, 0.1) is 10.1 Å². The van der Waals surface area contributed by atoms with Crippen LogP contribution in [0.15, 0.2) is 78.9 Å². The minimum atomic E-state index is -1.29. The van der Waals surface area contributed by atoms with Crippen LogP contribution in [0.1, 0.15) is 45.7 Å². The fraction of sp³-hybridized carbons (Fsp3) is 0.125. The van der Waals surface area contributed by atoms with Crippen molar-refractivity contribution in [2.45, 2.75) is 19.4 Å². The van der Waals surface area contributed by atoms with Crippen LogP contribution < -0.4 is 5.32 Å². The lowest BCUT2D eigenvalue weighted by Crippen LogP contribution is -2.20. The highest BCUT2D eigenvalue weighted by Crippen LogP contribution is 2.26. The van der Waals surface area contributed by atoms with Crippen LogP contribution in [0.25, 0.3) is 0 Å². The first-order valence-electron chi connectivity index (χ1n) is 9.83. The van der Waals surface area contributed by atoms with Gasteiger partial charge in [-0.2, -0.15) is 0 Å². The molecule has 3 aromatic carbocycles. The van der Waals surface area contributed by atoms with E-state index in [1.807, 2.05) is 0 Å². The normalized spacial score (nSPS) is 11.3. The van der Waals surface area contributed by atoms with Crippen molar-refractivity contribution in [3.63, 3.8) is 0 Å². The molecule has 0 fully saturated rings. The number of nitro groups is 1. The summed E-state index contributed by atoms with van der Waals surface area (Å²) in [5.74, 6) is -1.36. The maximum atomic E-state index is 13.1. The number of hydrogen-bond acceptors (Lipinski definition) is 6. The van der Waals surface area contributed by atoms with E-state index in [2.05, 4.69) is 5.32 Å². The summed E-state index contributed by atoms with van der Waals surface area (Å²) in [6.07, 6.45) is -0.965. The zero-order valence-corrected chi connectivity index (χ0v) is 17.2. The lowest BCUT2D eigenvalue weighted by atomic mass is 9.99. The quantitative estimate of drug-likeness (QED) is 0.238. The summed E-state index contributed by atoms with van der Waals surface area (Å²) in [6.45, 7) is 1.73. The average Bonchev–Trinajstić information content (AvgIpc) is 2.83. The van der Waals surface area contributed by atoms with Crippen LogP contribution in [-0.4, -0.2) is 22.6 Å². The fourth-order valence-electron chi connectivity index (χ4n) is 2.91. The molecule has 0 heterocycles. The topological polar surface area (TPSA) is 116 Å². The molecule has 8 heteroatoms. The van der Waals surface area contributed by atoms with E-state index in [1.54, 1.807) is 49.4 Å². The van der Waals surface area contributed by atoms with Gasteiger partial charge >= 0.3 is 5.97 Å². The number of ether oxygens (including phenoxy) is 1. The van der Waals surface area contributed by atoms with Gasteiger partial charge in [0.25, 0.3) is 5.69 Å². The summed E-state index contributed by atoms with van der Waals surface area (Å²) in [4.78, 5) is 47.7. The summed E-state index contributed by atoms with van der Waals surface area (Å²) in [6, 6.07) is 19.7. The number of esters is 1. The molecule has 0 aliphatic rings. The second-order valence-corrected chi connectivity index (χ2v) is 6.84. The van der Waals surface area contributed by atoms with Crippen molar-refractivity contribution >= 4 is 29.0 Å². The molecule has 0 aromatic heterocycles. The smallest absolute Gasteiger partial charge is 0.339 e. The number of anilines is 1. The lowest BCUT2D eigenvalue weighted by Gasteiger charge is -2.17. The van der Waals surface area contributed by atoms with Gasteiger partial charge in [0.05, 0.1) is 10.5 Å². The van der Waals surface area contributed by atoms with Gasteiger partial charge in [0, 0.05) is 35.4 Å². The highest BCUT2D eigenvalue weighted by Gasteiger charge is 2.27. The number of nitro benzene ring substituents is 1. The van der Waals surface area contributed by atoms with Gasteiger partial charge < -0.3 is 10.1 Å². The molecule has 1 amide bonds. The fourth-order valence-corrected chi connectivity index (χ4v) is 2.91. The minimum Gasteiger partial charge on any atom is -0.445 e. The van der Waals surface area contributed by atoms with Crippen LogP contribution in [0.4, 0.5) is 11.4 Å². The van der Waals surface area contributed by atoms with Crippen molar-refractivity contribution in [3.05, 3.63) is 106 Å². The van der Waals surface area contributed by atoms with Gasteiger partial charge in [0.2, 0.25) is 11.7 Å². The molecule has 0 aliphatic heterocycles. The number of hydrogen-bond donors (Lipinski definition) is 1. The molecule has 0 bridgehead atoms. The lowest BCUT2D eigenvalue weighted by molar-refractivity contribution is -0.384. The number of nitrogens with zero attached hydrogens (tertiary/aromatic N) is 1. The number of non-ortho nitro benzene ring substituents is 1. The molecular weight excluding hydrogens is 412 g/mol. The van der Waals surface area contributed by atoms with E-state index in [0.717, 1.165) is 0 Å². The van der Waals surface area contributed by atoms with Gasteiger partial charge in [0.15, 0.2) is 6.10 Å². The van der Waals surface area contributed by atoms with E-state index in [4.69, 9.17) is 4.74 Å². The molecule has 0 radical (unpaired) electrons. The van der Waals surface area contributed by atoms with Crippen LogP contribution in [-0.2, 0) is 9.53 Å². The van der Waals surface area contributed by atoms with Crippen LogP contribution >= 0.6 is 0 Å². The molecular formula is C24H20N2O6. The summed E-state index contributed by atoms with van der Waals surface area (Å²) in [7, 11) is 0. The molecule has 3 aromatic rings. The molecule has 0 spiro atoms. The average molecular weight is 432 g/mol. The summed E-state index contributed by atoms with van der Waals surface area (Å²) >= 11 is 0. The Labute approximate surface area is 184 Å². The summed E-state index contributed by atoms with van der Waals surface area (Å²) in [5.41, 5.74) is 1.22. The Morgan fingerprint density at radius 1 is 0.906 bits per heavy atom. The Morgan fingerprint density at radius 2 is 1.53 bits per heavy atom. The van der Waals surface area contributed by atoms with E-state index < -0.39 is 22.8 Å². The Bertz CT molecular complexity index is 1130. The maximum Gasteiger partial charge on any atom is 0.339 e. The molecule has 3 rings (SSSR count). The second kappa shape index (κ2) is 10.1. The van der Waals surface area contributed by atoms with Crippen molar-refractivity contribution in [2.24, 2.45) is 0 Å². The molecule has 1 atom stereocenters. The number of nitrogens with one attached hydrogen (secondary N) is 1. The first kappa shape index (κ1) is 22.4. The van der Waals surface area contributed by atoms with E-state index >= 15 is 0 Å². The van der Waals surface area contributed by atoms with E-state index in [-0.39, 0.29) is 17.2 Å². The zero-order valence-electron chi connectivity index (χ0n) is 17.2. The van der Waals surface area contributed by atoms with Crippen LogP contribution in [0.3, 0.4) is 0 Å². The van der Waals surface area contributed by atoms with Crippen molar-refractivity contribution < 1.29 is 24.0 Å². The first-order chi connectivity index (χ1) is 15.4. The zero-order chi connectivity index (χ0) is 23.1. The Morgan fingerprint density at radius 3 is 2.09 bits per heavy atom. The largest absolute Gasteiger partial charge is 0.445 e. The number of carbonyl (C=O) groups is 3. The number of benzene rings is 3. The van der Waals surface area contributed by atoms with Gasteiger partial charge in [-0.15, -0.1) is 0 Å². The third-order valence-electron chi connectivity index (χ3n) is 4.65. The molecule has 162 valence electrons. The van der Waals surface area contributed by atoms with E-state index in [0.29, 0.717) is 23.2 Å². The number of carbonyl (C=O) groups excluding carboxylic acids is 3. The van der Waals surface area contributed by atoms with Gasteiger partial charge in [-0.1, -0.05) is 37.3 Å². The number of amides is 1. The Balaban J connectivity index is 1.86. The molecule has 1 N–H and O–H groups in total. The SMILES string of the molecule is CCC(=O)Nc1ccc(C(=O)O[C@H](C(=O)c2ccccc2)c2ccc([N+](=O)[O-])cc2)cc1. The third kappa shape index (κ3) is 5.42. The predicted octanol–water partition coefficient (Wildman–Crippen LogP) is 4.72. The molecule has 0 saturated heterocycles. The molecule has 0 saturated carbocycles. The van der Waals surface area contributed by atoms with Crippen molar-refractivity contribution in [2.75, 3.05) is 5.32 Å². The Hall–Kier alpha value is -4.33. The van der Waals surface area contributed by atoms with Crippen LogP contribution in [0.2, 0.25) is 0 Å². The van der Waals surface area contributed by atoms with Gasteiger partial charge in [-0.25, -0.2) is 4.79 Å². The maximum absolute atomic E-state index is 13.1. The summed E-state index contributed by atoms with van der Waals surface area (Å²) < 4.78 is 5.54. The second-order valence-electron chi connectivity index (χ2n) is 6.84. The third-order valence-corrected chi connectivity index (χ3v) is 4.65. The van der Waals surface area contributed by atoms with Crippen LogP contribution in [0.5, 0.6) is 0 Å². The standard InChI is InChI=1S/C24H20N2O6/c1-2-21(27)25-19-12-8-18(9-13-19)24(29)32-23(22(28)16-6-4-3-5-7-16)17-10-14-20(15-11-17)26(30)31/h3-15,23H,2H2,1H3,(H,25,27)/t23-/m0/s1. The number of Topliss-reactive ketones (excluding diaryl/α,β-unsaturated/α-hetero) is 1. The molecule has 8 nitrogen and oxygen atoms in total. The van der Waals surface area contributed by atoms with Crippen molar-refractivity contribution in [3.8, 4) is 0 Å². The molecule has 0 aliphatic carbocycles. The highest BCUT2D eigenvalue weighted by molar-refractivity contribution is 6.02. The van der Waals surface area contributed by atoms with Crippen molar-refractivity contribution in [1.82, 2.24) is 0 Å². The van der Waals surface area contributed by atoms with Gasteiger partial charge in [-0.05, 0) is 36.4 Å². The highest BCUT2D eigenvalue weighted by atomic mass is 16.6. The van der Waals surface area contributed by atoms with E-state index in [1.165, 1.54) is 36.4 Å². The van der Waals surface area contributed by atoms with E-state index in [9.17, 15) is 24.5 Å². The molecule has 0 unspecified atom stereocenters. The first-order valence-corrected chi connectivity index (χ1v) is 9.83. The number of ketones is 1. The number of rotatable bonds is 8. The monoisotopic (exact) mass is 432 g/mol. The minimum absolute atomic E-state index is 0.143. The molecule has 32 heavy (non-hydrogen) atoms. The van der Waals surface area contributed by atoms with Gasteiger partial charge in [-0.3, -0.25) is 19.7 Å². The predicted molar refractivity (Wildman–Crippen MR) is 117 cm³/mol. The van der Waals surface area contributed by atoms with Crippen molar-refractivity contribution in [1.29, 1.82) is 0 Å².